The first-order chi connectivity index (χ1) is 10.6. The van der Waals surface area contributed by atoms with E-state index in [1.54, 1.807) is 13.8 Å². The zero-order valence-corrected chi connectivity index (χ0v) is 12.7. The highest BCUT2D eigenvalue weighted by Gasteiger charge is 2.66. The highest BCUT2D eigenvalue weighted by atomic mass is 19.1. The van der Waals surface area contributed by atoms with Crippen LogP contribution in [0, 0.1) is 23.1 Å². The number of carboxylic acid groups (broad SMARTS) is 2. The average molecular weight is 323 g/mol. The molecule has 3 N–H and O–H groups in total. The Bertz CT molecular complexity index is 640. The normalized spacial score (nSPS) is 22.9. The predicted molar refractivity (Wildman–Crippen MR) is 77.9 cm³/mol. The third-order valence-electron chi connectivity index (χ3n) is 4.34. The van der Waals surface area contributed by atoms with Gasteiger partial charge in [-0.15, -0.1) is 0 Å². The molecule has 1 aromatic rings. The number of rotatable bonds is 6. The van der Waals surface area contributed by atoms with Gasteiger partial charge in [0.2, 0.25) is 5.91 Å². The second-order valence-corrected chi connectivity index (χ2v) is 6.33. The Balaban J connectivity index is 2.15. The van der Waals surface area contributed by atoms with E-state index in [1.807, 2.05) is 0 Å². The maximum atomic E-state index is 13.0. The molecule has 0 heterocycles. The van der Waals surface area contributed by atoms with Crippen LogP contribution in [0.2, 0.25) is 0 Å². The lowest BCUT2D eigenvalue weighted by atomic mass is 10.0. The average Bonchev–Trinajstić information content (AvgIpc) is 3.01. The van der Waals surface area contributed by atoms with Crippen molar-refractivity contribution in [1.29, 1.82) is 0 Å². The van der Waals surface area contributed by atoms with Crippen molar-refractivity contribution >= 4 is 17.8 Å². The van der Waals surface area contributed by atoms with Crippen molar-refractivity contribution in [3.05, 3.63) is 35.6 Å². The molecule has 1 aliphatic carbocycles. The van der Waals surface area contributed by atoms with Crippen molar-refractivity contribution in [3.63, 3.8) is 0 Å². The van der Waals surface area contributed by atoms with Gasteiger partial charge in [-0.3, -0.25) is 14.4 Å². The molecule has 124 valence electrons. The minimum atomic E-state index is -1.12. The molecule has 3 unspecified atom stereocenters. The zero-order valence-electron chi connectivity index (χ0n) is 12.7. The third-order valence-corrected chi connectivity index (χ3v) is 4.34. The van der Waals surface area contributed by atoms with E-state index >= 15 is 0 Å². The number of carbonyl (C=O) groups excluding carboxylic acids is 1. The second kappa shape index (κ2) is 5.98. The molecule has 6 nitrogen and oxygen atoms in total. The summed E-state index contributed by atoms with van der Waals surface area (Å²) in [5.74, 6) is -4.64. The standard InChI is InChI=1S/C16H18FNO5/c1-16(2)12(13(16)15(22)23)14(21)18-10(7-11(19)20)8-3-5-9(17)6-4-8/h3-6,10,12-13H,7H2,1-2H3,(H,18,21)(H,19,20)(H,22,23). The van der Waals surface area contributed by atoms with Crippen LogP contribution < -0.4 is 5.32 Å². The molecule has 1 amide bonds. The molecule has 1 aromatic carbocycles. The fraction of sp³-hybridized carbons (Fsp3) is 0.438. The van der Waals surface area contributed by atoms with Gasteiger partial charge < -0.3 is 15.5 Å². The summed E-state index contributed by atoms with van der Waals surface area (Å²) in [6.45, 7) is 3.36. The largest absolute Gasteiger partial charge is 0.481 e. The van der Waals surface area contributed by atoms with E-state index in [4.69, 9.17) is 10.2 Å². The van der Waals surface area contributed by atoms with Gasteiger partial charge in [0.15, 0.2) is 0 Å². The van der Waals surface area contributed by atoms with Gasteiger partial charge in [-0.25, -0.2) is 4.39 Å². The van der Waals surface area contributed by atoms with Crippen LogP contribution in [0.15, 0.2) is 24.3 Å². The number of amides is 1. The Morgan fingerprint density at radius 1 is 1.17 bits per heavy atom. The van der Waals surface area contributed by atoms with E-state index in [9.17, 15) is 18.8 Å². The van der Waals surface area contributed by atoms with Gasteiger partial charge in [0.05, 0.1) is 24.3 Å². The van der Waals surface area contributed by atoms with Crippen LogP contribution in [0.3, 0.4) is 0 Å². The van der Waals surface area contributed by atoms with E-state index in [0.29, 0.717) is 5.56 Å². The number of carboxylic acids is 2. The number of benzene rings is 1. The van der Waals surface area contributed by atoms with Crippen LogP contribution in [0.1, 0.15) is 31.9 Å². The van der Waals surface area contributed by atoms with Gasteiger partial charge in [-0.05, 0) is 23.1 Å². The lowest BCUT2D eigenvalue weighted by Crippen LogP contribution is -2.32. The van der Waals surface area contributed by atoms with Crippen molar-refractivity contribution < 1.29 is 29.0 Å². The highest BCUT2D eigenvalue weighted by Crippen LogP contribution is 2.58. The monoisotopic (exact) mass is 323 g/mol. The lowest BCUT2D eigenvalue weighted by molar-refractivity contribution is -0.141. The molecule has 0 spiro atoms. The molecule has 1 fully saturated rings. The number of nitrogens with one attached hydrogen (secondary N) is 1. The Morgan fingerprint density at radius 2 is 1.74 bits per heavy atom. The molecule has 3 atom stereocenters. The Labute approximate surface area is 132 Å². The minimum absolute atomic E-state index is 0.373. The van der Waals surface area contributed by atoms with Gasteiger partial charge >= 0.3 is 11.9 Å². The second-order valence-electron chi connectivity index (χ2n) is 6.33. The molecule has 0 aliphatic heterocycles. The summed E-state index contributed by atoms with van der Waals surface area (Å²) in [6.07, 6.45) is -0.373. The number of halogens is 1. The number of carbonyl (C=O) groups is 3. The molecule has 0 bridgehead atoms. The Kier molecular flexibility index (Phi) is 4.40. The van der Waals surface area contributed by atoms with Crippen LogP contribution in [0.4, 0.5) is 4.39 Å². The Hall–Kier alpha value is -2.44. The summed E-state index contributed by atoms with van der Waals surface area (Å²) in [4.78, 5) is 34.5. The van der Waals surface area contributed by atoms with Crippen LogP contribution in [-0.4, -0.2) is 28.1 Å². The Morgan fingerprint density at radius 3 is 2.17 bits per heavy atom. The molecule has 7 heteroatoms. The first-order valence-electron chi connectivity index (χ1n) is 7.15. The van der Waals surface area contributed by atoms with Gasteiger partial charge in [-0.2, -0.15) is 0 Å². The number of hydrogen-bond acceptors (Lipinski definition) is 3. The maximum absolute atomic E-state index is 13.0. The molecule has 1 saturated carbocycles. The quantitative estimate of drug-likeness (QED) is 0.741. The van der Waals surface area contributed by atoms with Crippen LogP contribution >= 0.6 is 0 Å². The van der Waals surface area contributed by atoms with E-state index in [0.717, 1.165) is 0 Å². The molecule has 2 rings (SSSR count). The zero-order chi connectivity index (χ0) is 17.4. The number of aliphatic carboxylic acids is 2. The molecule has 23 heavy (non-hydrogen) atoms. The van der Waals surface area contributed by atoms with Gasteiger partial charge in [-0.1, -0.05) is 26.0 Å². The van der Waals surface area contributed by atoms with Crippen LogP contribution in [-0.2, 0) is 14.4 Å². The lowest BCUT2D eigenvalue weighted by Gasteiger charge is -2.18. The topological polar surface area (TPSA) is 104 Å². The molecular weight excluding hydrogens is 305 g/mol. The third kappa shape index (κ3) is 3.49. The molecule has 1 aliphatic rings. The predicted octanol–water partition coefficient (Wildman–Crippen LogP) is 1.81. The SMILES string of the molecule is CC1(C)C(C(=O)O)C1C(=O)NC(CC(=O)O)c1ccc(F)cc1. The molecular formula is C16H18FNO5. The van der Waals surface area contributed by atoms with Gasteiger partial charge in [0, 0.05) is 0 Å². The first-order valence-corrected chi connectivity index (χ1v) is 7.15. The summed E-state index contributed by atoms with van der Waals surface area (Å²) in [5.41, 5.74) is -0.223. The van der Waals surface area contributed by atoms with Crippen molar-refractivity contribution in [2.45, 2.75) is 26.3 Å². The molecule has 0 radical (unpaired) electrons. The van der Waals surface area contributed by atoms with E-state index in [1.165, 1.54) is 24.3 Å². The summed E-state index contributed by atoms with van der Waals surface area (Å²) < 4.78 is 13.0. The summed E-state index contributed by atoms with van der Waals surface area (Å²) in [6, 6.07) is 4.31. The first kappa shape index (κ1) is 16.9. The van der Waals surface area contributed by atoms with Gasteiger partial charge in [0.1, 0.15) is 5.82 Å². The van der Waals surface area contributed by atoms with Crippen molar-refractivity contribution in [2.24, 2.45) is 17.3 Å². The summed E-state index contributed by atoms with van der Waals surface area (Å²) in [7, 11) is 0. The smallest absolute Gasteiger partial charge is 0.307 e. The maximum Gasteiger partial charge on any atom is 0.307 e. The van der Waals surface area contributed by atoms with Gasteiger partial charge in [0.25, 0.3) is 0 Å². The minimum Gasteiger partial charge on any atom is -0.481 e. The molecule has 0 saturated heterocycles. The summed E-state index contributed by atoms with van der Waals surface area (Å²) in [5, 5.41) is 20.7. The van der Waals surface area contributed by atoms with E-state index in [-0.39, 0.29) is 6.42 Å². The van der Waals surface area contributed by atoms with E-state index < -0.39 is 47.0 Å². The van der Waals surface area contributed by atoms with Crippen molar-refractivity contribution in [2.75, 3.05) is 0 Å². The van der Waals surface area contributed by atoms with Crippen LogP contribution in [0.5, 0.6) is 0 Å². The van der Waals surface area contributed by atoms with Crippen molar-refractivity contribution in [1.82, 2.24) is 5.32 Å². The summed E-state index contributed by atoms with van der Waals surface area (Å²) >= 11 is 0. The number of hydrogen-bond donors (Lipinski definition) is 3. The molecule has 0 aromatic heterocycles. The van der Waals surface area contributed by atoms with Crippen molar-refractivity contribution in [3.8, 4) is 0 Å². The van der Waals surface area contributed by atoms with Crippen LogP contribution in [0.25, 0.3) is 0 Å². The van der Waals surface area contributed by atoms with E-state index in [2.05, 4.69) is 5.32 Å². The highest BCUT2D eigenvalue weighted by molar-refractivity contribution is 5.92. The fourth-order valence-electron chi connectivity index (χ4n) is 2.97. The fourth-order valence-corrected chi connectivity index (χ4v) is 2.97.